The van der Waals surface area contributed by atoms with Gasteiger partial charge in [0.2, 0.25) is 5.82 Å². The van der Waals surface area contributed by atoms with Gasteiger partial charge in [-0.05, 0) is 12.5 Å². The lowest BCUT2D eigenvalue weighted by atomic mass is 9.99. The first-order chi connectivity index (χ1) is 8.95. The molecular weight excluding hydrogens is 280 g/mol. The quantitative estimate of drug-likeness (QED) is 0.840. The second-order valence-electron chi connectivity index (χ2n) is 4.34. The zero-order chi connectivity index (χ0) is 14.2. The number of hydrogen-bond donors (Lipinski definition) is 2. The molecule has 104 valence electrons. The third-order valence-corrected chi connectivity index (χ3v) is 3.49. The van der Waals surface area contributed by atoms with Gasteiger partial charge in [-0.1, -0.05) is 11.6 Å². The third-order valence-electron chi connectivity index (χ3n) is 3.20. The molecule has 2 N–H and O–H groups in total. The van der Waals surface area contributed by atoms with Crippen molar-refractivity contribution in [2.24, 2.45) is 5.92 Å². The average Bonchev–Trinajstić information content (AvgIpc) is 2.84. The number of benzene rings is 1. The number of carboxylic acids is 1. The van der Waals surface area contributed by atoms with E-state index in [9.17, 15) is 13.6 Å². The summed E-state index contributed by atoms with van der Waals surface area (Å²) >= 11 is 5.81. The predicted molar refractivity (Wildman–Crippen MR) is 64.4 cm³/mol. The van der Waals surface area contributed by atoms with Crippen molar-refractivity contribution in [1.29, 1.82) is 0 Å². The van der Waals surface area contributed by atoms with Crippen LogP contribution in [-0.4, -0.2) is 24.7 Å². The van der Waals surface area contributed by atoms with E-state index in [-0.39, 0.29) is 29.3 Å². The normalized spacial score (nSPS) is 22.5. The van der Waals surface area contributed by atoms with Crippen LogP contribution < -0.4 is 10.1 Å². The standard InChI is InChI=1S/C12H12ClF2NO3/c1-19-11-7(13)3-6(9(14)10(11)15)8-2-5(4-16-8)12(17)18/h3,5,8,16H,2,4H2,1H3,(H,17,18). The summed E-state index contributed by atoms with van der Waals surface area (Å²) in [4.78, 5) is 10.8. The van der Waals surface area contributed by atoms with Gasteiger partial charge in [0.05, 0.1) is 18.1 Å². The van der Waals surface area contributed by atoms with E-state index in [2.05, 4.69) is 10.1 Å². The van der Waals surface area contributed by atoms with Gasteiger partial charge >= 0.3 is 5.97 Å². The van der Waals surface area contributed by atoms with E-state index in [1.807, 2.05) is 0 Å². The number of rotatable bonds is 3. The number of ether oxygens (including phenoxy) is 1. The zero-order valence-electron chi connectivity index (χ0n) is 10.0. The Bertz CT molecular complexity index is 524. The van der Waals surface area contributed by atoms with Gasteiger partial charge in [-0.25, -0.2) is 4.39 Å². The van der Waals surface area contributed by atoms with Crippen LogP contribution in [0.2, 0.25) is 5.02 Å². The maximum atomic E-state index is 13.9. The van der Waals surface area contributed by atoms with Crippen molar-refractivity contribution < 1.29 is 23.4 Å². The topological polar surface area (TPSA) is 58.6 Å². The van der Waals surface area contributed by atoms with E-state index >= 15 is 0 Å². The van der Waals surface area contributed by atoms with Crippen molar-refractivity contribution in [2.75, 3.05) is 13.7 Å². The molecule has 0 spiro atoms. The summed E-state index contributed by atoms with van der Waals surface area (Å²) < 4.78 is 32.3. The summed E-state index contributed by atoms with van der Waals surface area (Å²) in [6, 6.07) is 0.694. The van der Waals surface area contributed by atoms with Crippen LogP contribution in [0.1, 0.15) is 18.0 Å². The zero-order valence-corrected chi connectivity index (χ0v) is 10.8. The number of methoxy groups -OCH3 is 1. The minimum absolute atomic E-state index is 0.0204. The lowest BCUT2D eigenvalue weighted by Crippen LogP contribution is -2.18. The Morgan fingerprint density at radius 1 is 1.53 bits per heavy atom. The highest BCUT2D eigenvalue weighted by Gasteiger charge is 2.33. The number of carbonyl (C=O) groups is 1. The smallest absolute Gasteiger partial charge is 0.307 e. The Morgan fingerprint density at radius 3 is 2.74 bits per heavy atom. The van der Waals surface area contributed by atoms with Crippen molar-refractivity contribution in [3.05, 3.63) is 28.3 Å². The molecule has 1 aliphatic rings. The molecule has 0 amide bonds. The average molecular weight is 292 g/mol. The molecule has 0 bridgehead atoms. The fourth-order valence-electron chi connectivity index (χ4n) is 2.20. The van der Waals surface area contributed by atoms with Crippen molar-refractivity contribution in [1.82, 2.24) is 5.32 Å². The molecule has 1 aromatic rings. The highest BCUT2D eigenvalue weighted by Crippen LogP contribution is 2.37. The lowest BCUT2D eigenvalue weighted by molar-refractivity contribution is -0.141. The molecule has 2 rings (SSSR count). The summed E-state index contributed by atoms with van der Waals surface area (Å²) in [5.41, 5.74) is 0.0204. The fraction of sp³-hybridized carbons (Fsp3) is 0.417. The lowest BCUT2D eigenvalue weighted by Gasteiger charge is -2.15. The van der Waals surface area contributed by atoms with E-state index in [0.29, 0.717) is 0 Å². The molecule has 0 aliphatic carbocycles. The van der Waals surface area contributed by atoms with Gasteiger partial charge in [0.1, 0.15) is 0 Å². The maximum Gasteiger partial charge on any atom is 0.307 e. The molecule has 2 unspecified atom stereocenters. The Morgan fingerprint density at radius 2 is 2.21 bits per heavy atom. The van der Waals surface area contributed by atoms with Crippen molar-refractivity contribution in [3.63, 3.8) is 0 Å². The van der Waals surface area contributed by atoms with E-state index in [1.165, 1.54) is 13.2 Å². The Balaban J connectivity index is 2.34. The Hall–Kier alpha value is -1.40. The number of carboxylic acid groups (broad SMARTS) is 1. The van der Waals surface area contributed by atoms with Crippen LogP contribution in [0.25, 0.3) is 0 Å². The molecule has 7 heteroatoms. The van der Waals surface area contributed by atoms with Gasteiger partial charge in [0.15, 0.2) is 11.6 Å². The second kappa shape index (κ2) is 5.30. The molecule has 19 heavy (non-hydrogen) atoms. The van der Waals surface area contributed by atoms with Gasteiger partial charge in [0.25, 0.3) is 0 Å². The van der Waals surface area contributed by atoms with Crippen LogP contribution in [0.15, 0.2) is 6.07 Å². The van der Waals surface area contributed by atoms with E-state index in [4.69, 9.17) is 16.7 Å². The summed E-state index contributed by atoms with van der Waals surface area (Å²) in [6.45, 7) is 0.213. The number of hydrogen-bond acceptors (Lipinski definition) is 3. The number of aliphatic carboxylic acids is 1. The van der Waals surface area contributed by atoms with Gasteiger partial charge in [-0.3, -0.25) is 4.79 Å². The first-order valence-corrected chi connectivity index (χ1v) is 6.01. The Labute approximate surface area is 113 Å². The molecule has 1 aromatic carbocycles. The molecule has 0 aromatic heterocycles. The SMILES string of the molecule is COc1c(Cl)cc(C2CC(C(=O)O)CN2)c(F)c1F. The van der Waals surface area contributed by atoms with Crippen LogP contribution in [0, 0.1) is 17.6 Å². The first kappa shape index (κ1) is 14.0. The van der Waals surface area contributed by atoms with Gasteiger partial charge in [-0.2, -0.15) is 4.39 Å². The highest BCUT2D eigenvalue weighted by atomic mass is 35.5. The molecule has 1 aliphatic heterocycles. The molecule has 1 saturated heterocycles. The fourth-order valence-corrected chi connectivity index (χ4v) is 2.48. The van der Waals surface area contributed by atoms with Gasteiger partial charge < -0.3 is 15.2 Å². The molecule has 2 atom stereocenters. The monoisotopic (exact) mass is 291 g/mol. The van der Waals surface area contributed by atoms with E-state index in [1.54, 1.807) is 0 Å². The minimum atomic E-state index is -1.16. The molecule has 4 nitrogen and oxygen atoms in total. The summed E-state index contributed by atoms with van der Waals surface area (Å²) in [5.74, 6) is -4.16. The number of halogens is 3. The molecule has 0 radical (unpaired) electrons. The Kier molecular flexibility index (Phi) is 3.91. The van der Waals surface area contributed by atoms with Crippen LogP contribution in [0.5, 0.6) is 5.75 Å². The van der Waals surface area contributed by atoms with Crippen molar-refractivity contribution in [3.8, 4) is 5.75 Å². The van der Waals surface area contributed by atoms with Crippen molar-refractivity contribution >= 4 is 17.6 Å². The first-order valence-electron chi connectivity index (χ1n) is 5.63. The molecule has 1 heterocycles. The molecular formula is C12H12ClF2NO3. The van der Waals surface area contributed by atoms with Crippen LogP contribution in [0.3, 0.4) is 0 Å². The predicted octanol–water partition coefficient (Wildman–Crippen LogP) is 2.36. The maximum absolute atomic E-state index is 13.9. The van der Waals surface area contributed by atoms with Crippen LogP contribution in [0.4, 0.5) is 8.78 Å². The summed E-state index contributed by atoms with van der Waals surface area (Å²) in [7, 11) is 1.19. The van der Waals surface area contributed by atoms with Crippen LogP contribution in [-0.2, 0) is 4.79 Å². The largest absolute Gasteiger partial charge is 0.492 e. The van der Waals surface area contributed by atoms with Crippen molar-refractivity contribution in [2.45, 2.75) is 12.5 Å². The molecule has 1 fully saturated rings. The minimum Gasteiger partial charge on any atom is -0.492 e. The second-order valence-corrected chi connectivity index (χ2v) is 4.75. The van der Waals surface area contributed by atoms with Crippen LogP contribution >= 0.6 is 11.6 Å². The third kappa shape index (κ3) is 2.50. The van der Waals surface area contributed by atoms with E-state index in [0.717, 1.165) is 0 Å². The van der Waals surface area contributed by atoms with Gasteiger partial charge in [0, 0.05) is 18.2 Å². The summed E-state index contributed by atoms with van der Waals surface area (Å²) in [6.07, 6.45) is 0.189. The van der Waals surface area contributed by atoms with Gasteiger partial charge in [-0.15, -0.1) is 0 Å². The highest BCUT2D eigenvalue weighted by molar-refractivity contribution is 6.32. The summed E-state index contributed by atoms with van der Waals surface area (Å²) in [5, 5.41) is 11.7. The number of nitrogens with one attached hydrogen (secondary N) is 1. The van der Waals surface area contributed by atoms with E-state index < -0.39 is 29.6 Å². The molecule has 0 saturated carbocycles.